The number of likely N-dealkylation sites (N-methyl/N-ethyl adjacent to an activating group) is 1. The molecule has 0 radical (unpaired) electrons. The zero-order valence-corrected chi connectivity index (χ0v) is 13.9. The van der Waals surface area contributed by atoms with Crippen molar-refractivity contribution in [2.75, 3.05) is 13.6 Å². The maximum absolute atomic E-state index is 12.5. The summed E-state index contributed by atoms with van der Waals surface area (Å²) in [5.74, 6) is -0.270. The highest BCUT2D eigenvalue weighted by Gasteiger charge is 2.15. The Morgan fingerprint density at radius 1 is 1.29 bits per heavy atom. The first-order chi connectivity index (χ1) is 11.6. The minimum absolute atomic E-state index is 0.152. The normalized spacial score (nSPS) is 10.5. The lowest BCUT2D eigenvalue weighted by Gasteiger charge is -2.16. The predicted molar refractivity (Wildman–Crippen MR) is 93.1 cm³/mol. The van der Waals surface area contributed by atoms with Crippen molar-refractivity contribution in [2.45, 2.75) is 6.42 Å². The second-order valence-corrected chi connectivity index (χ2v) is 6.24. The molecule has 24 heavy (non-hydrogen) atoms. The summed E-state index contributed by atoms with van der Waals surface area (Å²) in [6, 6.07) is 9.23. The van der Waals surface area contributed by atoms with E-state index in [0.29, 0.717) is 18.7 Å². The van der Waals surface area contributed by atoms with Crippen LogP contribution >= 0.6 is 11.3 Å². The maximum Gasteiger partial charge on any atom is 0.346 e. The highest BCUT2D eigenvalue weighted by molar-refractivity contribution is 7.13. The summed E-state index contributed by atoms with van der Waals surface area (Å²) in [5, 5.41) is 1.91. The molecular weight excluding hydrogens is 324 g/mol. The van der Waals surface area contributed by atoms with Gasteiger partial charge in [0.2, 0.25) is 0 Å². The molecule has 1 amide bonds. The lowest BCUT2D eigenvalue weighted by Crippen LogP contribution is -2.31. The third kappa shape index (κ3) is 3.75. The van der Waals surface area contributed by atoms with E-state index in [-0.39, 0.29) is 11.6 Å². The lowest BCUT2D eigenvalue weighted by atomic mass is 10.2. The van der Waals surface area contributed by atoms with Gasteiger partial charge in [0.05, 0.1) is 10.6 Å². The van der Waals surface area contributed by atoms with Gasteiger partial charge in [-0.1, -0.05) is 6.07 Å². The first-order valence-corrected chi connectivity index (χ1v) is 8.31. The predicted octanol–water partition coefficient (Wildman–Crippen LogP) is 2.21. The summed E-state index contributed by atoms with van der Waals surface area (Å²) in [7, 11) is 1.71. The Labute approximate surface area is 142 Å². The molecule has 3 rings (SSSR count). The lowest BCUT2D eigenvalue weighted by molar-refractivity contribution is 0.0790. The molecule has 3 aromatic heterocycles. The monoisotopic (exact) mass is 340 g/mol. The number of carbonyl (C=O) groups is 1. The van der Waals surface area contributed by atoms with E-state index < -0.39 is 5.69 Å². The molecule has 0 aliphatic carbocycles. The van der Waals surface area contributed by atoms with Crippen LogP contribution in [-0.4, -0.2) is 39.4 Å². The van der Waals surface area contributed by atoms with Crippen LogP contribution < -0.4 is 5.69 Å². The largest absolute Gasteiger partial charge is 0.346 e. The van der Waals surface area contributed by atoms with Crippen LogP contribution in [0, 0.1) is 0 Å². The molecule has 0 saturated heterocycles. The number of hydrogen-bond acceptors (Lipinski definition) is 5. The van der Waals surface area contributed by atoms with Gasteiger partial charge in [0.15, 0.2) is 0 Å². The number of aromatic amines is 1. The molecule has 0 aliphatic rings. The van der Waals surface area contributed by atoms with Crippen LogP contribution in [0.25, 0.3) is 10.6 Å². The van der Waals surface area contributed by atoms with Gasteiger partial charge >= 0.3 is 5.69 Å². The fourth-order valence-electron chi connectivity index (χ4n) is 2.28. The van der Waals surface area contributed by atoms with Gasteiger partial charge in [-0.25, -0.2) is 4.79 Å². The zero-order chi connectivity index (χ0) is 16.9. The topological polar surface area (TPSA) is 79.0 Å². The number of H-pyrrole nitrogens is 1. The summed E-state index contributed by atoms with van der Waals surface area (Å²) in [4.78, 5) is 37.2. The molecule has 7 heteroatoms. The Balaban J connectivity index is 1.75. The van der Waals surface area contributed by atoms with Crippen molar-refractivity contribution in [3.63, 3.8) is 0 Å². The van der Waals surface area contributed by atoms with Crippen molar-refractivity contribution in [3.8, 4) is 10.6 Å². The molecule has 0 atom stereocenters. The second kappa shape index (κ2) is 7.18. The van der Waals surface area contributed by atoms with Gasteiger partial charge in [-0.15, -0.1) is 11.3 Å². The number of pyridine rings is 1. The number of nitrogens with zero attached hydrogens (tertiary/aromatic N) is 3. The van der Waals surface area contributed by atoms with E-state index in [1.165, 1.54) is 11.3 Å². The smallest absolute Gasteiger partial charge is 0.340 e. The van der Waals surface area contributed by atoms with Crippen molar-refractivity contribution < 1.29 is 4.79 Å². The van der Waals surface area contributed by atoms with Gasteiger partial charge in [0.25, 0.3) is 5.91 Å². The first-order valence-electron chi connectivity index (χ1n) is 7.43. The standard InChI is InChI=1S/C17H16N4O2S/c1-21(9-6-12-4-7-18-8-5-12)16(22)14-11-13(19-17(23)20-14)15-3-2-10-24-15/h2-5,7-8,10-11H,6,9H2,1H3,(H,19,20,23). The summed E-state index contributed by atoms with van der Waals surface area (Å²) in [5.41, 5.74) is 1.34. The van der Waals surface area contributed by atoms with Gasteiger partial charge in [0, 0.05) is 26.0 Å². The Hall–Kier alpha value is -2.80. The molecule has 3 heterocycles. The quantitative estimate of drug-likeness (QED) is 0.772. The molecule has 0 spiro atoms. The Kier molecular flexibility index (Phi) is 4.81. The molecule has 0 unspecified atom stereocenters. The number of thiophene rings is 1. The number of carbonyl (C=O) groups excluding carboxylic acids is 1. The van der Waals surface area contributed by atoms with E-state index in [0.717, 1.165) is 10.4 Å². The van der Waals surface area contributed by atoms with Crippen LogP contribution in [0.15, 0.2) is 52.9 Å². The van der Waals surface area contributed by atoms with Gasteiger partial charge in [-0.05, 0) is 41.6 Å². The Morgan fingerprint density at radius 3 is 2.79 bits per heavy atom. The van der Waals surface area contributed by atoms with Crippen LogP contribution in [0.3, 0.4) is 0 Å². The average Bonchev–Trinajstić information content (AvgIpc) is 3.14. The number of nitrogens with one attached hydrogen (secondary N) is 1. The maximum atomic E-state index is 12.5. The van der Waals surface area contributed by atoms with Crippen molar-refractivity contribution in [3.05, 3.63) is 69.8 Å². The SMILES string of the molecule is CN(CCc1ccncc1)C(=O)c1cc(-c2cccs2)[nH]c(=O)n1. The van der Waals surface area contributed by atoms with Crippen LogP contribution in [0.2, 0.25) is 0 Å². The third-order valence-corrected chi connectivity index (χ3v) is 4.49. The van der Waals surface area contributed by atoms with E-state index in [9.17, 15) is 9.59 Å². The van der Waals surface area contributed by atoms with Crippen LogP contribution in [-0.2, 0) is 6.42 Å². The number of hydrogen-bond donors (Lipinski definition) is 1. The van der Waals surface area contributed by atoms with Crippen LogP contribution in [0.4, 0.5) is 0 Å². The van der Waals surface area contributed by atoms with E-state index in [2.05, 4.69) is 15.0 Å². The van der Waals surface area contributed by atoms with Crippen molar-refractivity contribution >= 4 is 17.2 Å². The first kappa shape index (κ1) is 16.1. The summed E-state index contributed by atoms with van der Waals surface area (Å²) < 4.78 is 0. The molecule has 122 valence electrons. The van der Waals surface area contributed by atoms with E-state index >= 15 is 0 Å². The summed E-state index contributed by atoms with van der Waals surface area (Å²) in [6.07, 6.45) is 4.16. The Bertz CT molecular complexity index is 875. The van der Waals surface area contributed by atoms with E-state index in [4.69, 9.17) is 0 Å². The van der Waals surface area contributed by atoms with Gasteiger partial charge in [-0.2, -0.15) is 4.98 Å². The highest BCUT2D eigenvalue weighted by Crippen LogP contribution is 2.22. The number of rotatable bonds is 5. The third-order valence-electron chi connectivity index (χ3n) is 3.58. The molecule has 1 N–H and O–H groups in total. The molecule has 6 nitrogen and oxygen atoms in total. The van der Waals surface area contributed by atoms with Crippen LogP contribution in [0.1, 0.15) is 16.1 Å². The summed E-state index contributed by atoms with van der Waals surface area (Å²) >= 11 is 1.49. The minimum atomic E-state index is -0.521. The number of aromatic nitrogens is 3. The second-order valence-electron chi connectivity index (χ2n) is 5.29. The van der Waals surface area contributed by atoms with Crippen molar-refractivity contribution in [1.29, 1.82) is 0 Å². The Morgan fingerprint density at radius 2 is 2.08 bits per heavy atom. The van der Waals surface area contributed by atoms with Crippen LogP contribution in [0.5, 0.6) is 0 Å². The average molecular weight is 340 g/mol. The van der Waals surface area contributed by atoms with E-state index in [1.54, 1.807) is 30.4 Å². The number of amides is 1. The van der Waals surface area contributed by atoms with Gasteiger partial charge in [-0.3, -0.25) is 9.78 Å². The van der Waals surface area contributed by atoms with Gasteiger partial charge < -0.3 is 9.88 Å². The molecular formula is C17H16N4O2S. The van der Waals surface area contributed by atoms with Crippen molar-refractivity contribution in [1.82, 2.24) is 19.9 Å². The minimum Gasteiger partial charge on any atom is -0.340 e. The van der Waals surface area contributed by atoms with Crippen molar-refractivity contribution in [2.24, 2.45) is 0 Å². The van der Waals surface area contributed by atoms with Gasteiger partial charge in [0.1, 0.15) is 5.69 Å². The summed E-state index contributed by atoms with van der Waals surface area (Å²) in [6.45, 7) is 0.533. The fraction of sp³-hybridized carbons (Fsp3) is 0.176. The molecule has 0 saturated carbocycles. The molecule has 0 bridgehead atoms. The molecule has 3 aromatic rings. The zero-order valence-electron chi connectivity index (χ0n) is 13.1. The fourth-order valence-corrected chi connectivity index (χ4v) is 2.97. The molecule has 0 fully saturated rings. The molecule has 0 aromatic carbocycles. The van der Waals surface area contributed by atoms with E-state index in [1.807, 2.05) is 29.6 Å². The highest BCUT2D eigenvalue weighted by atomic mass is 32.1. The molecule has 0 aliphatic heterocycles.